The first-order valence-electron chi connectivity index (χ1n) is 13.0. The van der Waals surface area contributed by atoms with E-state index in [1.165, 1.54) is 14.0 Å². The van der Waals surface area contributed by atoms with Crippen LogP contribution in [0.5, 0.6) is 0 Å². The number of amides is 1. The number of carbonyl (C=O) groups excluding carboxylic acids is 2. The van der Waals surface area contributed by atoms with E-state index in [-0.39, 0.29) is 12.6 Å². The Morgan fingerprint density at radius 1 is 0.789 bits per heavy atom. The number of aliphatic hydroxyl groups is 6. The summed E-state index contributed by atoms with van der Waals surface area (Å²) < 4.78 is 27.3. The van der Waals surface area contributed by atoms with Crippen LogP contribution in [0.15, 0.2) is 0 Å². The minimum atomic E-state index is -1.74. The largest absolute Gasteiger partial charge is 0.469 e. The fourth-order valence-electron chi connectivity index (χ4n) is 4.48. The Morgan fingerprint density at radius 3 is 1.97 bits per heavy atom. The highest BCUT2D eigenvalue weighted by atomic mass is 16.7. The Hall–Kier alpha value is -1.46. The van der Waals surface area contributed by atoms with Gasteiger partial charge in [-0.15, -0.1) is 0 Å². The molecule has 0 aliphatic carbocycles. The third-order valence-electron chi connectivity index (χ3n) is 6.65. The molecule has 2 aliphatic rings. The highest BCUT2D eigenvalue weighted by molar-refractivity contribution is 5.73. The SMILES string of the molecule is COC(=O)CCCCCCCCOC1OC(CO)C(O)[C@@H](OC2OC(CO)[C@@H](O)C(O)C2O)C1NC(C)=O. The number of aliphatic hydroxyl groups excluding tert-OH is 6. The van der Waals surface area contributed by atoms with Gasteiger partial charge in [0.2, 0.25) is 5.91 Å². The third-order valence-corrected chi connectivity index (χ3v) is 6.65. The van der Waals surface area contributed by atoms with Crippen LogP contribution in [0.25, 0.3) is 0 Å². The fourth-order valence-corrected chi connectivity index (χ4v) is 4.48. The molecule has 10 atom stereocenters. The molecule has 1 amide bonds. The number of ether oxygens (including phenoxy) is 5. The van der Waals surface area contributed by atoms with Crippen LogP contribution in [-0.2, 0) is 33.3 Å². The lowest BCUT2D eigenvalue weighted by Gasteiger charge is -2.47. The number of unbranched alkanes of at least 4 members (excludes halogenated alkanes) is 5. The Kier molecular flexibility index (Phi) is 14.3. The second kappa shape index (κ2) is 16.6. The van der Waals surface area contributed by atoms with E-state index in [2.05, 4.69) is 10.1 Å². The maximum absolute atomic E-state index is 11.9. The maximum atomic E-state index is 11.9. The van der Waals surface area contributed by atoms with Gasteiger partial charge >= 0.3 is 5.97 Å². The number of esters is 1. The summed E-state index contributed by atoms with van der Waals surface area (Å²) in [6, 6.07) is -1.09. The Balaban J connectivity index is 1.97. The molecular weight excluding hydrogens is 510 g/mol. The van der Waals surface area contributed by atoms with E-state index in [1.54, 1.807) is 0 Å². The number of hydrogen-bond donors (Lipinski definition) is 7. The normalized spacial score (nSPS) is 35.6. The van der Waals surface area contributed by atoms with Crippen LogP contribution in [-0.4, -0.2) is 131 Å². The molecule has 0 aromatic carbocycles. The van der Waals surface area contributed by atoms with Crippen LogP contribution in [0.4, 0.5) is 0 Å². The lowest BCUT2D eigenvalue weighted by molar-refractivity contribution is -0.344. The van der Waals surface area contributed by atoms with Crippen molar-refractivity contribution in [2.45, 2.75) is 113 Å². The number of nitrogens with one attached hydrogen (secondary N) is 1. The summed E-state index contributed by atoms with van der Waals surface area (Å²) in [5, 5.41) is 63.1. The number of methoxy groups -OCH3 is 1. The average Bonchev–Trinajstić information content (AvgIpc) is 2.90. The third kappa shape index (κ3) is 9.33. The molecule has 2 fully saturated rings. The summed E-state index contributed by atoms with van der Waals surface area (Å²) in [6.07, 6.45) is -7.53. The van der Waals surface area contributed by atoms with Gasteiger partial charge in [0.1, 0.15) is 48.8 Å². The highest BCUT2D eigenvalue weighted by Crippen LogP contribution is 2.30. The van der Waals surface area contributed by atoms with Crippen LogP contribution in [0.1, 0.15) is 51.9 Å². The lowest BCUT2D eigenvalue weighted by atomic mass is 9.95. The molecule has 0 aromatic rings. The predicted molar refractivity (Wildman–Crippen MR) is 128 cm³/mol. The number of hydrogen-bond acceptors (Lipinski definition) is 13. The van der Waals surface area contributed by atoms with Gasteiger partial charge in [0.25, 0.3) is 0 Å². The van der Waals surface area contributed by atoms with Gasteiger partial charge in [-0.25, -0.2) is 0 Å². The first-order valence-corrected chi connectivity index (χ1v) is 13.0. The Bertz CT molecular complexity index is 711. The zero-order valence-corrected chi connectivity index (χ0v) is 21.9. The van der Waals surface area contributed by atoms with Gasteiger partial charge in [-0.2, -0.15) is 0 Å². The summed E-state index contributed by atoms with van der Waals surface area (Å²) in [5.41, 5.74) is 0. The molecule has 2 aliphatic heterocycles. The van der Waals surface area contributed by atoms with Crippen molar-refractivity contribution in [1.29, 1.82) is 0 Å². The van der Waals surface area contributed by atoms with Crippen LogP contribution in [0, 0.1) is 0 Å². The molecule has 14 heteroatoms. The van der Waals surface area contributed by atoms with Crippen LogP contribution in [0.3, 0.4) is 0 Å². The van der Waals surface area contributed by atoms with Gasteiger partial charge in [0.05, 0.1) is 20.3 Å². The molecule has 222 valence electrons. The predicted octanol–water partition coefficient (Wildman–Crippen LogP) is -2.33. The molecule has 2 heterocycles. The summed E-state index contributed by atoms with van der Waals surface area (Å²) in [6.45, 7) is 0.205. The topological polar surface area (TPSA) is 214 Å². The molecular formula is C24H43NO13. The van der Waals surface area contributed by atoms with E-state index in [9.17, 15) is 40.2 Å². The molecule has 14 nitrogen and oxygen atoms in total. The van der Waals surface area contributed by atoms with Crippen molar-refractivity contribution in [1.82, 2.24) is 5.32 Å². The van der Waals surface area contributed by atoms with Gasteiger partial charge in [-0.3, -0.25) is 9.59 Å². The molecule has 7 N–H and O–H groups in total. The summed E-state index contributed by atoms with van der Waals surface area (Å²) in [5.74, 6) is -0.712. The van der Waals surface area contributed by atoms with Crippen LogP contribution in [0.2, 0.25) is 0 Å². The quantitative estimate of drug-likeness (QED) is 0.0838. The minimum absolute atomic E-state index is 0.222. The molecule has 0 bridgehead atoms. The van der Waals surface area contributed by atoms with E-state index < -0.39 is 80.5 Å². The molecule has 2 saturated heterocycles. The fraction of sp³-hybridized carbons (Fsp3) is 0.917. The standard InChI is InChI=1S/C24H43NO13/c1-13(28)25-17-22(38-24-21(33)20(32)18(30)14(11-26)37-24)19(31)15(12-27)36-23(17)35-10-8-6-4-3-5-7-9-16(29)34-2/h14-15,17-24,26-27,30-33H,3-12H2,1-2H3,(H,25,28)/t14?,15?,17?,18-,19?,20?,21?,22+,23?,24?/m1/s1. The maximum Gasteiger partial charge on any atom is 0.305 e. The molecule has 8 unspecified atom stereocenters. The van der Waals surface area contributed by atoms with Crippen molar-refractivity contribution in [2.75, 3.05) is 26.9 Å². The minimum Gasteiger partial charge on any atom is -0.469 e. The van der Waals surface area contributed by atoms with Crippen molar-refractivity contribution in [3.05, 3.63) is 0 Å². The molecule has 0 radical (unpaired) electrons. The molecule has 2 rings (SSSR count). The highest BCUT2D eigenvalue weighted by Gasteiger charge is 2.51. The summed E-state index contributed by atoms with van der Waals surface area (Å²) >= 11 is 0. The van der Waals surface area contributed by atoms with Crippen molar-refractivity contribution in [3.8, 4) is 0 Å². The Morgan fingerprint density at radius 2 is 1.37 bits per heavy atom. The number of rotatable bonds is 15. The first kappa shape index (κ1) is 32.8. The number of carbonyl (C=O) groups is 2. The molecule has 0 aromatic heterocycles. The van der Waals surface area contributed by atoms with E-state index in [1.807, 2.05) is 0 Å². The van der Waals surface area contributed by atoms with Gasteiger partial charge in [0.15, 0.2) is 12.6 Å². The van der Waals surface area contributed by atoms with Gasteiger partial charge in [-0.1, -0.05) is 25.7 Å². The lowest BCUT2D eigenvalue weighted by Crippen LogP contribution is -2.68. The van der Waals surface area contributed by atoms with Gasteiger partial charge in [0, 0.05) is 20.0 Å². The van der Waals surface area contributed by atoms with E-state index in [4.69, 9.17) is 18.9 Å². The Labute approximate surface area is 221 Å². The smallest absolute Gasteiger partial charge is 0.305 e. The van der Waals surface area contributed by atoms with Crippen LogP contribution >= 0.6 is 0 Å². The van der Waals surface area contributed by atoms with E-state index in [0.29, 0.717) is 12.8 Å². The van der Waals surface area contributed by atoms with Gasteiger partial charge in [-0.05, 0) is 12.8 Å². The summed E-state index contributed by atoms with van der Waals surface area (Å²) in [4.78, 5) is 23.1. The van der Waals surface area contributed by atoms with Crippen molar-refractivity contribution < 1.29 is 63.9 Å². The monoisotopic (exact) mass is 553 g/mol. The van der Waals surface area contributed by atoms with Gasteiger partial charge < -0.3 is 59.6 Å². The van der Waals surface area contributed by atoms with E-state index >= 15 is 0 Å². The zero-order valence-electron chi connectivity index (χ0n) is 21.9. The van der Waals surface area contributed by atoms with Crippen molar-refractivity contribution in [2.24, 2.45) is 0 Å². The second-order valence-electron chi connectivity index (χ2n) is 9.56. The molecule has 38 heavy (non-hydrogen) atoms. The van der Waals surface area contributed by atoms with Crippen LogP contribution < -0.4 is 5.32 Å². The zero-order chi connectivity index (χ0) is 28.2. The second-order valence-corrected chi connectivity index (χ2v) is 9.56. The van der Waals surface area contributed by atoms with Crippen molar-refractivity contribution in [3.63, 3.8) is 0 Å². The summed E-state index contributed by atoms with van der Waals surface area (Å²) in [7, 11) is 1.36. The van der Waals surface area contributed by atoms with Crippen molar-refractivity contribution >= 4 is 11.9 Å². The van der Waals surface area contributed by atoms with E-state index in [0.717, 1.165) is 32.1 Å². The molecule has 0 saturated carbocycles. The average molecular weight is 554 g/mol. The molecule has 0 spiro atoms. The first-order chi connectivity index (χ1) is 18.1.